The second kappa shape index (κ2) is 11.0. The third-order valence-electron chi connectivity index (χ3n) is 4.67. The number of nitrogens with one attached hydrogen (secondary N) is 2. The maximum Gasteiger partial charge on any atom is 0.319 e. The van der Waals surface area contributed by atoms with E-state index in [-0.39, 0.29) is 30.7 Å². The van der Waals surface area contributed by atoms with E-state index in [1.54, 1.807) is 4.90 Å². The molecule has 1 aromatic rings. The van der Waals surface area contributed by atoms with Gasteiger partial charge in [0.25, 0.3) is 0 Å². The molecule has 0 radical (unpaired) electrons. The van der Waals surface area contributed by atoms with E-state index in [1.165, 1.54) is 7.11 Å². The number of hydrogen-bond donors (Lipinski definition) is 2. The van der Waals surface area contributed by atoms with Gasteiger partial charge in [-0.15, -0.1) is 0 Å². The Morgan fingerprint density at radius 1 is 1.31 bits per heavy atom. The summed E-state index contributed by atoms with van der Waals surface area (Å²) in [6, 6.07) is 5.52. The molecule has 1 aliphatic rings. The first-order valence-electron chi connectivity index (χ1n) is 10.1. The zero-order valence-electron chi connectivity index (χ0n) is 18.2. The lowest BCUT2D eigenvalue weighted by atomic mass is 10.1. The molecule has 1 heterocycles. The Hall–Kier alpha value is -2.32. The van der Waals surface area contributed by atoms with Crippen LogP contribution in [0.5, 0.6) is 0 Å². The first-order valence-corrected chi connectivity index (χ1v) is 10.1. The van der Waals surface area contributed by atoms with Crippen LogP contribution < -0.4 is 15.5 Å². The Balaban J connectivity index is 2.22. The van der Waals surface area contributed by atoms with Crippen LogP contribution in [0.4, 0.5) is 16.2 Å². The summed E-state index contributed by atoms with van der Waals surface area (Å²) < 4.78 is 10.8. The number of urea groups is 1. The van der Waals surface area contributed by atoms with E-state index < -0.39 is 0 Å². The van der Waals surface area contributed by atoms with Crippen molar-refractivity contribution in [3.63, 3.8) is 0 Å². The van der Waals surface area contributed by atoms with Crippen LogP contribution in [0.15, 0.2) is 18.2 Å². The van der Waals surface area contributed by atoms with Crippen LogP contribution in [0.2, 0.25) is 0 Å². The van der Waals surface area contributed by atoms with Crippen LogP contribution in [0.25, 0.3) is 0 Å². The monoisotopic (exact) mass is 406 g/mol. The smallest absolute Gasteiger partial charge is 0.319 e. The Bertz CT molecular complexity index is 687. The molecule has 1 aromatic carbocycles. The second-order valence-electron chi connectivity index (χ2n) is 7.83. The fraction of sp³-hybridized carbons (Fsp3) is 0.619. The third kappa shape index (κ3) is 7.21. The molecule has 0 unspecified atom stereocenters. The van der Waals surface area contributed by atoms with Crippen molar-refractivity contribution in [1.82, 2.24) is 10.2 Å². The van der Waals surface area contributed by atoms with Gasteiger partial charge in [0.15, 0.2) is 0 Å². The van der Waals surface area contributed by atoms with Crippen LogP contribution in [0, 0.1) is 0 Å². The highest BCUT2D eigenvalue weighted by Crippen LogP contribution is 2.25. The summed E-state index contributed by atoms with van der Waals surface area (Å²) in [4.78, 5) is 28.5. The molecule has 0 saturated carbocycles. The van der Waals surface area contributed by atoms with E-state index >= 15 is 0 Å². The number of rotatable bonds is 9. The molecule has 162 valence electrons. The Kier molecular flexibility index (Phi) is 8.72. The number of anilines is 2. The Morgan fingerprint density at radius 2 is 2.07 bits per heavy atom. The van der Waals surface area contributed by atoms with Crippen LogP contribution in [0.1, 0.15) is 32.3 Å². The number of ether oxygens (including phenoxy) is 2. The summed E-state index contributed by atoms with van der Waals surface area (Å²) in [5.41, 5.74) is 2.61. The van der Waals surface area contributed by atoms with Gasteiger partial charge in [-0.3, -0.25) is 4.79 Å². The average Bonchev–Trinajstić information content (AvgIpc) is 3.13. The summed E-state index contributed by atoms with van der Waals surface area (Å²) in [6.07, 6.45) is 2.02. The van der Waals surface area contributed by atoms with Crippen molar-refractivity contribution in [2.75, 3.05) is 51.2 Å². The largest absolute Gasteiger partial charge is 0.377 e. The molecule has 2 rings (SSSR count). The van der Waals surface area contributed by atoms with E-state index in [0.717, 1.165) is 30.7 Å². The number of methoxy groups -OCH3 is 1. The minimum absolute atomic E-state index is 0.0265. The summed E-state index contributed by atoms with van der Waals surface area (Å²) in [5.74, 6) is -0.0800. The van der Waals surface area contributed by atoms with E-state index in [0.29, 0.717) is 18.8 Å². The summed E-state index contributed by atoms with van der Waals surface area (Å²) in [6.45, 7) is 5.52. The van der Waals surface area contributed by atoms with Gasteiger partial charge in [-0.25, -0.2) is 4.79 Å². The number of benzene rings is 1. The maximum atomic E-state index is 12.7. The summed E-state index contributed by atoms with van der Waals surface area (Å²) in [7, 11) is 5.43. The van der Waals surface area contributed by atoms with Crippen molar-refractivity contribution >= 4 is 23.3 Å². The van der Waals surface area contributed by atoms with Crippen molar-refractivity contribution in [1.29, 1.82) is 0 Å². The molecule has 1 aliphatic heterocycles. The number of carbonyl (C=O) groups excluding carboxylic acids is 2. The van der Waals surface area contributed by atoms with Gasteiger partial charge in [-0.05, 0) is 50.5 Å². The van der Waals surface area contributed by atoms with Crippen molar-refractivity contribution in [2.24, 2.45) is 0 Å². The van der Waals surface area contributed by atoms with Crippen LogP contribution in [0.3, 0.4) is 0 Å². The Labute approximate surface area is 173 Å². The predicted molar refractivity (Wildman–Crippen MR) is 114 cm³/mol. The van der Waals surface area contributed by atoms with Crippen LogP contribution >= 0.6 is 0 Å². The number of hydrogen-bond acceptors (Lipinski definition) is 5. The number of amides is 3. The fourth-order valence-corrected chi connectivity index (χ4v) is 3.36. The topological polar surface area (TPSA) is 83.1 Å². The highest BCUT2D eigenvalue weighted by molar-refractivity contribution is 5.90. The molecule has 0 spiro atoms. The molecule has 1 atom stereocenters. The lowest BCUT2D eigenvalue weighted by Crippen LogP contribution is -2.39. The van der Waals surface area contributed by atoms with Gasteiger partial charge < -0.3 is 29.9 Å². The molecule has 1 fully saturated rings. The highest BCUT2D eigenvalue weighted by Gasteiger charge is 2.24. The standard InChI is InChI=1S/C21H34N4O4/c1-15(2)22-21(27)23-17-8-9-19(24(3)4)16(11-17)12-25(20(26)14-28-5)13-18-7-6-10-29-18/h8-9,11,15,18H,6-7,10,12-14H2,1-5H3,(H2,22,23,27)/t18-/m0/s1. The van der Waals surface area contributed by atoms with Gasteiger partial charge >= 0.3 is 6.03 Å². The van der Waals surface area contributed by atoms with Crippen molar-refractivity contribution < 1.29 is 19.1 Å². The van der Waals surface area contributed by atoms with Gasteiger partial charge in [-0.2, -0.15) is 0 Å². The molecular weight excluding hydrogens is 372 g/mol. The zero-order chi connectivity index (χ0) is 21.4. The quantitative estimate of drug-likeness (QED) is 0.658. The van der Waals surface area contributed by atoms with Crippen molar-refractivity contribution in [3.8, 4) is 0 Å². The number of carbonyl (C=O) groups is 2. The average molecular weight is 407 g/mol. The molecule has 8 nitrogen and oxygen atoms in total. The van der Waals surface area contributed by atoms with Crippen LogP contribution in [-0.4, -0.2) is 69.9 Å². The van der Waals surface area contributed by atoms with Gasteiger partial charge in [0, 0.05) is 58.3 Å². The minimum atomic E-state index is -0.254. The normalized spacial score (nSPS) is 16.0. The molecular formula is C21H34N4O4. The predicted octanol–water partition coefficient (Wildman–Crippen LogP) is 2.44. The minimum Gasteiger partial charge on any atom is -0.377 e. The molecule has 29 heavy (non-hydrogen) atoms. The fourth-order valence-electron chi connectivity index (χ4n) is 3.36. The third-order valence-corrected chi connectivity index (χ3v) is 4.67. The summed E-state index contributed by atoms with van der Waals surface area (Å²) in [5, 5.41) is 5.67. The van der Waals surface area contributed by atoms with Gasteiger partial charge in [0.1, 0.15) is 6.61 Å². The molecule has 1 saturated heterocycles. The first-order chi connectivity index (χ1) is 13.8. The SMILES string of the molecule is COCC(=O)N(Cc1cc(NC(=O)NC(C)C)ccc1N(C)C)C[C@@H]1CCCO1. The van der Waals surface area contributed by atoms with Gasteiger partial charge in [0.05, 0.1) is 6.10 Å². The molecule has 2 N–H and O–H groups in total. The van der Waals surface area contributed by atoms with Gasteiger partial charge in [-0.1, -0.05) is 0 Å². The summed E-state index contributed by atoms with van der Waals surface area (Å²) >= 11 is 0. The van der Waals surface area contributed by atoms with Crippen molar-refractivity contribution in [3.05, 3.63) is 23.8 Å². The second-order valence-corrected chi connectivity index (χ2v) is 7.83. The van der Waals surface area contributed by atoms with E-state index in [1.807, 2.05) is 51.0 Å². The molecule has 8 heteroatoms. The van der Waals surface area contributed by atoms with E-state index in [4.69, 9.17) is 9.47 Å². The number of nitrogens with zero attached hydrogens (tertiary/aromatic N) is 2. The molecule has 3 amide bonds. The maximum absolute atomic E-state index is 12.7. The van der Waals surface area contributed by atoms with Gasteiger partial charge in [0.2, 0.25) is 5.91 Å². The van der Waals surface area contributed by atoms with E-state index in [2.05, 4.69) is 10.6 Å². The van der Waals surface area contributed by atoms with E-state index in [9.17, 15) is 9.59 Å². The zero-order valence-corrected chi connectivity index (χ0v) is 18.2. The molecule has 0 aliphatic carbocycles. The lowest BCUT2D eigenvalue weighted by Gasteiger charge is -2.28. The highest BCUT2D eigenvalue weighted by atomic mass is 16.5. The molecule has 0 bridgehead atoms. The Morgan fingerprint density at radius 3 is 2.66 bits per heavy atom. The first kappa shape index (κ1) is 23.0. The molecule has 0 aromatic heterocycles. The van der Waals surface area contributed by atoms with Crippen molar-refractivity contribution in [2.45, 2.75) is 45.4 Å². The lowest BCUT2D eigenvalue weighted by molar-refractivity contribution is -0.137. The van der Waals surface area contributed by atoms with Crippen LogP contribution in [-0.2, 0) is 20.8 Å².